The van der Waals surface area contributed by atoms with Crippen molar-refractivity contribution in [3.8, 4) is 5.75 Å². The molecule has 0 bridgehead atoms. The molecule has 0 fully saturated rings. The molecule has 2 aromatic carbocycles. The summed E-state index contributed by atoms with van der Waals surface area (Å²) in [6.45, 7) is 5.96. The standard InChI is InChI=1S/C22H29FN4O2/c1-4-25-22(27-15-17-9-10-20(29-5-2)19(23)14-17)26-12-11-16-7-6-8-18(13-16)21(28)24-3/h6-10,13-14H,4-5,11-12,15H2,1-3H3,(H,24,28)(H2,25,26,27). The topological polar surface area (TPSA) is 74.8 Å². The number of benzene rings is 2. The van der Waals surface area contributed by atoms with Crippen molar-refractivity contribution >= 4 is 11.9 Å². The third-order valence-corrected chi connectivity index (χ3v) is 4.18. The van der Waals surface area contributed by atoms with E-state index in [1.54, 1.807) is 19.2 Å². The Bertz CT molecular complexity index is 839. The molecule has 0 radical (unpaired) electrons. The Balaban J connectivity index is 1.94. The summed E-state index contributed by atoms with van der Waals surface area (Å²) in [5.41, 5.74) is 2.47. The summed E-state index contributed by atoms with van der Waals surface area (Å²) < 4.78 is 19.2. The van der Waals surface area contributed by atoms with E-state index >= 15 is 0 Å². The lowest BCUT2D eigenvalue weighted by molar-refractivity contribution is 0.0963. The molecule has 0 aliphatic heterocycles. The average molecular weight is 400 g/mol. The van der Waals surface area contributed by atoms with Crippen LogP contribution in [0.2, 0.25) is 0 Å². The van der Waals surface area contributed by atoms with Gasteiger partial charge in [-0.3, -0.25) is 4.79 Å². The van der Waals surface area contributed by atoms with Crippen molar-refractivity contribution in [3.05, 3.63) is 65.0 Å². The number of carbonyl (C=O) groups excluding carboxylic acids is 1. The first-order chi connectivity index (χ1) is 14.1. The molecule has 7 heteroatoms. The van der Waals surface area contributed by atoms with Crippen molar-refractivity contribution in [2.75, 3.05) is 26.7 Å². The monoisotopic (exact) mass is 400 g/mol. The van der Waals surface area contributed by atoms with Crippen molar-refractivity contribution in [1.29, 1.82) is 0 Å². The van der Waals surface area contributed by atoms with Gasteiger partial charge in [-0.05, 0) is 55.7 Å². The normalized spacial score (nSPS) is 11.1. The average Bonchev–Trinajstić information content (AvgIpc) is 2.73. The van der Waals surface area contributed by atoms with Crippen LogP contribution in [0.15, 0.2) is 47.5 Å². The third kappa shape index (κ3) is 7.10. The minimum absolute atomic E-state index is 0.0997. The molecule has 0 saturated heterocycles. The molecule has 0 spiro atoms. The molecular formula is C22H29FN4O2. The number of amides is 1. The van der Waals surface area contributed by atoms with Gasteiger partial charge in [0, 0.05) is 25.7 Å². The Kier molecular flexibility index (Phi) is 8.95. The van der Waals surface area contributed by atoms with Gasteiger partial charge in [0.2, 0.25) is 0 Å². The van der Waals surface area contributed by atoms with Crippen LogP contribution in [0.25, 0.3) is 0 Å². The second-order valence-corrected chi connectivity index (χ2v) is 6.35. The molecule has 156 valence electrons. The third-order valence-electron chi connectivity index (χ3n) is 4.18. The Morgan fingerprint density at radius 2 is 1.93 bits per heavy atom. The molecule has 6 nitrogen and oxygen atoms in total. The van der Waals surface area contributed by atoms with Gasteiger partial charge in [-0.25, -0.2) is 9.38 Å². The predicted octanol–water partition coefficient (Wildman–Crippen LogP) is 2.88. The van der Waals surface area contributed by atoms with E-state index in [2.05, 4.69) is 20.9 Å². The summed E-state index contributed by atoms with van der Waals surface area (Å²) >= 11 is 0. The van der Waals surface area contributed by atoms with E-state index in [9.17, 15) is 9.18 Å². The molecule has 0 saturated carbocycles. The fourth-order valence-corrected chi connectivity index (χ4v) is 2.76. The molecule has 0 aliphatic carbocycles. The lowest BCUT2D eigenvalue weighted by atomic mass is 10.1. The Morgan fingerprint density at radius 3 is 2.62 bits per heavy atom. The van der Waals surface area contributed by atoms with E-state index in [0.717, 1.165) is 24.1 Å². The van der Waals surface area contributed by atoms with E-state index in [1.807, 2.05) is 38.1 Å². The maximum absolute atomic E-state index is 14.0. The maximum atomic E-state index is 14.0. The van der Waals surface area contributed by atoms with Crippen molar-refractivity contribution in [2.24, 2.45) is 4.99 Å². The molecule has 0 aliphatic rings. The Labute approximate surface area is 171 Å². The van der Waals surface area contributed by atoms with Crippen molar-refractivity contribution in [3.63, 3.8) is 0 Å². The molecule has 1 amide bonds. The molecular weight excluding hydrogens is 371 g/mol. The highest BCUT2D eigenvalue weighted by Gasteiger charge is 2.06. The zero-order valence-electron chi connectivity index (χ0n) is 17.2. The molecule has 0 heterocycles. The second kappa shape index (κ2) is 11.7. The zero-order chi connectivity index (χ0) is 21.1. The van der Waals surface area contributed by atoms with Gasteiger partial charge in [-0.1, -0.05) is 18.2 Å². The van der Waals surface area contributed by atoms with Gasteiger partial charge >= 0.3 is 0 Å². The number of hydrogen-bond donors (Lipinski definition) is 3. The number of halogens is 1. The number of guanidine groups is 1. The fourth-order valence-electron chi connectivity index (χ4n) is 2.76. The van der Waals surface area contributed by atoms with Crippen LogP contribution in [-0.2, 0) is 13.0 Å². The number of aliphatic imine (C=N–C) groups is 1. The second-order valence-electron chi connectivity index (χ2n) is 6.35. The number of nitrogens with zero attached hydrogens (tertiary/aromatic N) is 1. The highest BCUT2D eigenvalue weighted by Crippen LogP contribution is 2.18. The molecule has 3 N–H and O–H groups in total. The smallest absolute Gasteiger partial charge is 0.251 e. The predicted molar refractivity (Wildman–Crippen MR) is 114 cm³/mol. The van der Waals surface area contributed by atoms with E-state index in [-0.39, 0.29) is 17.5 Å². The van der Waals surface area contributed by atoms with E-state index < -0.39 is 0 Å². The van der Waals surface area contributed by atoms with Crippen LogP contribution in [-0.4, -0.2) is 38.6 Å². The SMILES string of the molecule is CCNC(=NCc1ccc(OCC)c(F)c1)NCCc1cccc(C(=O)NC)c1. The number of ether oxygens (including phenoxy) is 1. The van der Waals surface area contributed by atoms with Crippen molar-refractivity contribution in [1.82, 2.24) is 16.0 Å². The van der Waals surface area contributed by atoms with E-state index in [1.165, 1.54) is 6.07 Å². The van der Waals surface area contributed by atoms with Crippen LogP contribution >= 0.6 is 0 Å². The van der Waals surface area contributed by atoms with Crippen LogP contribution in [0.4, 0.5) is 4.39 Å². The lowest BCUT2D eigenvalue weighted by Crippen LogP contribution is -2.38. The maximum Gasteiger partial charge on any atom is 0.251 e. The minimum atomic E-state index is -0.381. The van der Waals surface area contributed by atoms with Gasteiger partial charge in [0.05, 0.1) is 13.2 Å². The molecule has 29 heavy (non-hydrogen) atoms. The minimum Gasteiger partial charge on any atom is -0.491 e. The highest BCUT2D eigenvalue weighted by atomic mass is 19.1. The van der Waals surface area contributed by atoms with E-state index in [0.29, 0.717) is 31.2 Å². The first kappa shape index (κ1) is 22.2. The summed E-state index contributed by atoms with van der Waals surface area (Å²) in [6.07, 6.45) is 0.743. The summed E-state index contributed by atoms with van der Waals surface area (Å²) in [6, 6.07) is 12.4. The molecule has 0 aromatic heterocycles. The molecule has 2 rings (SSSR count). The fraction of sp³-hybridized carbons (Fsp3) is 0.364. The highest BCUT2D eigenvalue weighted by molar-refractivity contribution is 5.94. The molecule has 2 aromatic rings. The first-order valence-corrected chi connectivity index (χ1v) is 9.81. The van der Waals surface area contributed by atoms with Gasteiger partial charge < -0.3 is 20.7 Å². The van der Waals surface area contributed by atoms with Crippen LogP contribution in [0.1, 0.15) is 35.3 Å². The summed E-state index contributed by atoms with van der Waals surface area (Å²) in [5, 5.41) is 9.08. The number of nitrogens with one attached hydrogen (secondary N) is 3. The van der Waals surface area contributed by atoms with Crippen molar-refractivity contribution in [2.45, 2.75) is 26.8 Å². The van der Waals surface area contributed by atoms with Crippen LogP contribution in [0.3, 0.4) is 0 Å². The van der Waals surface area contributed by atoms with Crippen LogP contribution in [0.5, 0.6) is 5.75 Å². The number of carbonyl (C=O) groups is 1. The van der Waals surface area contributed by atoms with E-state index in [4.69, 9.17) is 4.74 Å². The first-order valence-electron chi connectivity index (χ1n) is 9.81. The quantitative estimate of drug-likeness (QED) is 0.447. The molecule has 0 atom stereocenters. The summed E-state index contributed by atoms with van der Waals surface area (Å²) in [7, 11) is 1.62. The van der Waals surface area contributed by atoms with Crippen LogP contribution in [0, 0.1) is 5.82 Å². The van der Waals surface area contributed by atoms with Gasteiger partial charge in [0.15, 0.2) is 17.5 Å². The Hall–Kier alpha value is -3.09. The van der Waals surface area contributed by atoms with Gasteiger partial charge in [0.1, 0.15) is 0 Å². The number of hydrogen-bond acceptors (Lipinski definition) is 3. The zero-order valence-corrected chi connectivity index (χ0v) is 17.2. The van der Waals surface area contributed by atoms with Crippen molar-refractivity contribution < 1.29 is 13.9 Å². The Morgan fingerprint density at radius 1 is 1.10 bits per heavy atom. The molecule has 0 unspecified atom stereocenters. The van der Waals surface area contributed by atoms with Gasteiger partial charge in [0.25, 0.3) is 5.91 Å². The number of rotatable bonds is 9. The largest absolute Gasteiger partial charge is 0.491 e. The summed E-state index contributed by atoms with van der Waals surface area (Å²) in [4.78, 5) is 16.3. The van der Waals surface area contributed by atoms with Gasteiger partial charge in [-0.15, -0.1) is 0 Å². The lowest BCUT2D eigenvalue weighted by Gasteiger charge is -2.12. The van der Waals surface area contributed by atoms with Gasteiger partial charge in [-0.2, -0.15) is 0 Å². The van der Waals surface area contributed by atoms with Crippen LogP contribution < -0.4 is 20.7 Å². The summed E-state index contributed by atoms with van der Waals surface area (Å²) in [5.74, 6) is 0.430.